The van der Waals surface area contributed by atoms with Gasteiger partial charge in [-0.05, 0) is 25.3 Å². The molecule has 176 valence electrons. The first-order valence-corrected chi connectivity index (χ1v) is 10.0. The highest BCUT2D eigenvalue weighted by molar-refractivity contribution is 5.92. The topological polar surface area (TPSA) is 215 Å². The fourth-order valence-corrected chi connectivity index (χ4v) is 2.63. The van der Waals surface area contributed by atoms with Crippen molar-refractivity contribution in [2.45, 2.75) is 44.3 Å². The number of aliphatic imine (C=N–C) groups is 1. The Hall–Kier alpha value is -3.67. The predicted molar refractivity (Wildman–Crippen MR) is 118 cm³/mol. The van der Waals surface area contributed by atoms with E-state index in [1.807, 2.05) is 0 Å². The molecule has 10 N–H and O–H groups in total. The van der Waals surface area contributed by atoms with Gasteiger partial charge in [-0.2, -0.15) is 0 Å². The van der Waals surface area contributed by atoms with Crippen molar-refractivity contribution in [3.05, 3.63) is 35.9 Å². The quantitative estimate of drug-likeness (QED) is 0.0993. The molecule has 12 nitrogen and oxygen atoms in total. The van der Waals surface area contributed by atoms with Gasteiger partial charge in [0.15, 0.2) is 5.96 Å². The summed E-state index contributed by atoms with van der Waals surface area (Å²) in [5.74, 6) is -3.06. The van der Waals surface area contributed by atoms with Crippen LogP contribution in [-0.4, -0.2) is 66.0 Å². The van der Waals surface area contributed by atoms with Gasteiger partial charge in [0.05, 0.1) is 12.6 Å². The summed E-state index contributed by atoms with van der Waals surface area (Å²) in [5.41, 5.74) is 17.0. The molecular weight excluding hydrogens is 418 g/mol. The molecule has 0 aromatic heterocycles. The first-order chi connectivity index (χ1) is 15.1. The molecule has 0 saturated heterocycles. The molecular formula is C20H31N7O5. The zero-order chi connectivity index (χ0) is 24.1. The number of amides is 3. The third-order valence-electron chi connectivity index (χ3n) is 4.39. The van der Waals surface area contributed by atoms with E-state index in [4.69, 9.17) is 22.3 Å². The number of rotatable bonds is 13. The lowest BCUT2D eigenvalue weighted by Gasteiger charge is -2.20. The van der Waals surface area contributed by atoms with Crippen LogP contribution in [0.1, 0.15) is 25.3 Å². The normalized spacial score (nSPS) is 13.2. The predicted octanol–water partition coefficient (Wildman–Crippen LogP) is -2.20. The number of nitrogens with one attached hydrogen (secondary N) is 3. The molecule has 1 aromatic carbocycles. The summed E-state index contributed by atoms with van der Waals surface area (Å²) in [6.45, 7) is 1.25. The van der Waals surface area contributed by atoms with Crippen LogP contribution in [0.15, 0.2) is 35.3 Å². The molecule has 0 fully saturated rings. The number of nitrogens with zero attached hydrogens (tertiary/aromatic N) is 1. The van der Waals surface area contributed by atoms with Crippen LogP contribution in [0.2, 0.25) is 0 Å². The highest BCUT2D eigenvalue weighted by Gasteiger charge is 2.25. The van der Waals surface area contributed by atoms with Crippen LogP contribution in [0.5, 0.6) is 0 Å². The van der Waals surface area contributed by atoms with Crippen molar-refractivity contribution >= 4 is 29.7 Å². The molecule has 0 spiro atoms. The summed E-state index contributed by atoms with van der Waals surface area (Å²) in [4.78, 5) is 51.7. The van der Waals surface area contributed by atoms with Crippen LogP contribution in [0.3, 0.4) is 0 Å². The summed E-state index contributed by atoms with van der Waals surface area (Å²) in [6, 6.07) is 5.90. The lowest BCUT2D eigenvalue weighted by Crippen LogP contribution is -2.54. The van der Waals surface area contributed by atoms with Gasteiger partial charge in [-0.25, -0.2) is 0 Å². The lowest BCUT2D eigenvalue weighted by atomic mass is 10.0. The monoisotopic (exact) mass is 449 g/mol. The number of carboxylic acids is 1. The molecule has 12 heteroatoms. The third-order valence-corrected chi connectivity index (χ3v) is 4.39. The first-order valence-electron chi connectivity index (χ1n) is 10.0. The number of hydrogen-bond acceptors (Lipinski definition) is 6. The summed E-state index contributed by atoms with van der Waals surface area (Å²) in [7, 11) is 0. The number of nitrogens with two attached hydrogens (primary N) is 3. The molecule has 1 rings (SSSR count). The van der Waals surface area contributed by atoms with E-state index in [-0.39, 0.29) is 12.4 Å². The maximum Gasteiger partial charge on any atom is 0.325 e. The molecule has 32 heavy (non-hydrogen) atoms. The van der Waals surface area contributed by atoms with Crippen LogP contribution in [0.4, 0.5) is 0 Å². The maximum absolute atomic E-state index is 12.5. The molecule has 0 aliphatic rings. The van der Waals surface area contributed by atoms with E-state index in [1.165, 1.54) is 6.92 Å². The van der Waals surface area contributed by atoms with E-state index in [9.17, 15) is 19.2 Å². The average molecular weight is 450 g/mol. The Morgan fingerprint density at radius 3 is 2.31 bits per heavy atom. The standard InChI is InChI=1S/C20H31N7O5/c1-12(19(31)32)26-18(30)15(10-13-6-3-2-4-7-13)27-16(28)11-25-17(29)14(21)8-5-9-24-20(22)23/h2-4,6-7,12,14-15H,5,8-11,21H2,1H3,(H,25,29)(H,26,30)(H,27,28)(H,31,32)(H4,22,23,24). The van der Waals surface area contributed by atoms with Gasteiger partial charge in [0, 0.05) is 13.0 Å². The van der Waals surface area contributed by atoms with Crippen molar-refractivity contribution in [1.29, 1.82) is 0 Å². The Bertz CT molecular complexity index is 812. The first kappa shape index (κ1) is 26.4. The minimum atomic E-state index is -1.20. The van der Waals surface area contributed by atoms with E-state index in [0.29, 0.717) is 19.4 Å². The molecule has 0 radical (unpaired) electrons. The number of carbonyl (C=O) groups is 4. The number of carboxylic acid groups (broad SMARTS) is 1. The molecule has 0 saturated carbocycles. The highest BCUT2D eigenvalue weighted by Crippen LogP contribution is 2.04. The van der Waals surface area contributed by atoms with E-state index in [1.54, 1.807) is 30.3 Å². The zero-order valence-corrected chi connectivity index (χ0v) is 17.9. The van der Waals surface area contributed by atoms with Crippen molar-refractivity contribution in [1.82, 2.24) is 16.0 Å². The molecule has 0 heterocycles. The fourth-order valence-electron chi connectivity index (χ4n) is 2.63. The van der Waals surface area contributed by atoms with Gasteiger partial charge in [0.1, 0.15) is 12.1 Å². The highest BCUT2D eigenvalue weighted by atomic mass is 16.4. The summed E-state index contributed by atoms with van der Waals surface area (Å²) in [6.07, 6.45) is 0.944. The van der Waals surface area contributed by atoms with Crippen LogP contribution >= 0.6 is 0 Å². The Kier molecular flexibility index (Phi) is 11.2. The van der Waals surface area contributed by atoms with Crippen LogP contribution in [-0.2, 0) is 25.6 Å². The largest absolute Gasteiger partial charge is 0.480 e. The Balaban J connectivity index is 2.62. The molecule has 1 aromatic rings. The minimum absolute atomic E-state index is 0.0495. The van der Waals surface area contributed by atoms with Gasteiger partial charge in [0.2, 0.25) is 17.7 Å². The Morgan fingerprint density at radius 1 is 1.06 bits per heavy atom. The van der Waals surface area contributed by atoms with Crippen molar-refractivity contribution < 1.29 is 24.3 Å². The summed E-state index contributed by atoms with van der Waals surface area (Å²) in [5, 5.41) is 16.3. The molecule has 3 amide bonds. The molecule has 3 atom stereocenters. The third kappa shape index (κ3) is 10.4. The van der Waals surface area contributed by atoms with E-state index in [2.05, 4.69) is 20.9 Å². The van der Waals surface area contributed by atoms with Crippen LogP contribution in [0.25, 0.3) is 0 Å². The van der Waals surface area contributed by atoms with E-state index >= 15 is 0 Å². The molecule has 0 aliphatic heterocycles. The second-order valence-electron chi connectivity index (χ2n) is 7.15. The Labute approximate surface area is 186 Å². The summed E-state index contributed by atoms with van der Waals surface area (Å²) >= 11 is 0. The van der Waals surface area contributed by atoms with Gasteiger partial charge in [-0.1, -0.05) is 30.3 Å². The lowest BCUT2D eigenvalue weighted by molar-refractivity contribution is -0.141. The number of hydrogen-bond donors (Lipinski definition) is 7. The number of carbonyl (C=O) groups excluding carboxylic acids is 3. The van der Waals surface area contributed by atoms with Crippen LogP contribution in [0, 0.1) is 0 Å². The van der Waals surface area contributed by atoms with Gasteiger partial charge in [-0.15, -0.1) is 0 Å². The SMILES string of the molecule is CC(NC(=O)C(Cc1ccccc1)NC(=O)CNC(=O)C(N)CCCN=C(N)N)C(=O)O. The van der Waals surface area contributed by atoms with Gasteiger partial charge in [-0.3, -0.25) is 24.2 Å². The number of benzene rings is 1. The van der Waals surface area contributed by atoms with Gasteiger partial charge in [0.25, 0.3) is 0 Å². The van der Waals surface area contributed by atoms with Gasteiger partial charge >= 0.3 is 5.97 Å². The number of guanidine groups is 1. The summed E-state index contributed by atoms with van der Waals surface area (Å²) < 4.78 is 0. The second kappa shape index (κ2) is 13.6. The van der Waals surface area contributed by atoms with Gasteiger partial charge < -0.3 is 38.3 Å². The smallest absolute Gasteiger partial charge is 0.325 e. The Morgan fingerprint density at radius 2 is 1.72 bits per heavy atom. The maximum atomic E-state index is 12.5. The van der Waals surface area contributed by atoms with E-state index < -0.39 is 48.4 Å². The van der Waals surface area contributed by atoms with Crippen molar-refractivity contribution in [2.24, 2.45) is 22.2 Å². The van der Waals surface area contributed by atoms with E-state index in [0.717, 1.165) is 5.56 Å². The van der Waals surface area contributed by atoms with Crippen molar-refractivity contribution in [3.8, 4) is 0 Å². The molecule has 3 unspecified atom stereocenters. The fraction of sp³-hybridized carbons (Fsp3) is 0.450. The minimum Gasteiger partial charge on any atom is -0.480 e. The van der Waals surface area contributed by atoms with Crippen molar-refractivity contribution in [3.63, 3.8) is 0 Å². The average Bonchev–Trinajstić information content (AvgIpc) is 2.74. The molecule has 0 bridgehead atoms. The number of aliphatic carboxylic acids is 1. The van der Waals surface area contributed by atoms with Crippen LogP contribution < -0.4 is 33.2 Å². The van der Waals surface area contributed by atoms with Crippen molar-refractivity contribution in [2.75, 3.05) is 13.1 Å². The zero-order valence-electron chi connectivity index (χ0n) is 17.9. The second-order valence-corrected chi connectivity index (χ2v) is 7.15. The molecule has 0 aliphatic carbocycles.